The number of thioether (sulfide) groups is 1. The number of nitrogens with zero attached hydrogens (tertiary/aromatic N) is 3. The van der Waals surface area contributed by atoms with Gasteiger partial charge >= 0.3 is 6.09 Å². The molecule has 7 nitrogen and oxygen atoms in total. The van der Waals surface area contributed by atoms with Gasteiger partial charge in [-0.25, -0.2) is 4.79 Å². The molecule has 0 radical (unpaired) electrons. The first-order valence-corrected chi connectivity index (χ1v) is 10.3. The summed E-state index contributed by atoms with van der Waals surface area (Å²) in [6, 6.07) is -0.0638. The van der Waals surface area contributed by atoms with Gasteiger partial charge in [0.25, 0.3) is 0 Å². The third kappa shape index (κ3) is 4.93. The van der Waals surface area contributed by atoms with E-state index in [9.17, 15) is 9.59 Å². The molecule has 146 valence electrons. The van der Waals surface area contributed by atoms with Gasteiger partial charge in [-0.2, -0.15) is 11.8 Å². The van der Waals surface area contributed by atoms with Gasteiger partial charge in [0.05, 0.1) is 30.5 Å². The number of carbonyl (C=O) groups is 2. The Morgan fingerprint density at radius 2 is 2.15 bits per heavy atom. The molecule has 0 aromatic carbocycles. The summed E-state index contributed by atoms with van der Waals surface area (Å²) in [4.78, 5) is 32.9. The number of carbonyl (C=O) groups excluding carboxylic acids is 2. The SMILES string of the molecule is CSCC1CC(=O)N(C(=CN)C2=NC[C@H](C)N(C(=O)OC(C)(C)C)C2)C1. The van der Waals surface area contributed by atoms with Gasteiger partial charge in [-0.05, 0) is 45.6 Å². The van der Waals surface area contributed by atoms with Crippen molar-refractivity contribution in [1.29, 1.82) is 0 Å². The van der Waals surface area contributed by atoms with Crippen LogP contribution in [0.4, 0.5) is 4.79 Å². The summed E-state index contributed by atoms with van der Waals surface area (Å²) in [7, 11) is 0. The molecule has 0 bridgehead atoms. The van der Waals surface area contributed by atoms with E-state index in [2.05, 4.69) is 4.99 Å². The third-order valence-electron chi connectivity index (χ3n) is 4.38. The Labute approximate surface area is 160 Å². The number of amides is 2. The monoisotopic (exact) mass is 382 g/mol. The van der Waals surface area contributed by atoms with E-state index in [1.807, 2.05) is 34.0 Å². The smallest absolute Gasteiger partial charge is 0.410 e. The minimum atomic E-state index is -0.561. The van der Waals surface area contributed by atoms with Crippen LogP contribution in [0.3, 0.4) is 0 Å². The summed E-state index contributed by atoms with van der Waals surface area (Å²) in [5.41, 5.74) is 6.56. The van der Waals surface area contributed by atoms with E-state index in [0.717, 1.165) is 5.75 Å². The fourth-order valence-electron chi connectivity index (χ4n) is 3.14. The van der Waals surface area contributed by atoms with Gasteiger partial charge in [0.1, 0.15) is 5.60 Å². The first-order valence-electron chi connectivity index (χ1n) is 8.90. The molecule has 0 spiro atoms. The van der Waals surface area contributed by atoms with E-state index in [4.69, 9.17) is 10.5 Å². The molecule has 0 aromatic rings. The predicted molar refractivity (Wildman–Crippen MR) is 105 cm³/mol. The summed E-state index contributed by atoms with van der Waals surface area (Å²) >= 11 is 1.74. The quantitative estimate of drug-likeness (QED) is 0.804. The lowest BCUT2D eigenvalue weighted by Crippen LogP contribution is -2.50. The average molecular weight is 383 g/mol. The zero-order valence-electron chi connectivity index (χ0n) is 16.3. The molecule has 26 heavy (non-hydrogen) atoms. The standard InChI is InChI=1S/C18H30N4O3S/c1-12-8-20-14(10-21(12)17(24)25-18(2,3)4)15(7-19)22-9-13(11-26-5)6-16(22)23/h7,12-13H,6,8-11,19H2,1-5H3/t12-,13?/m0/s1. The van der Waals surface area contributed by atoms with Gasteiger partial charge in [-0.15, -0.1) is 0 Å². The lowest BCUT2D eigenvalue weighted by atomic mass is 10.1. The van der Waals surface area contributed by atoms with Crippen LogP contribution >= 0.6 is 11.8 Å². The number of hydrogen-bond acceptors (Lipinski definition) is 6. The first-order chi connectivity index (χ1) is 12.2. The zero-order valence-corrected chi connectivity index (χ0v) is 17.1. The van der Waals surface area contributed by atoms with E-state index in [1.54, 1.807) is 21.6 Å². The Kier molecular flexibility index (Phi) is 6.60. The fraction of sp³-hybridized carbons (Fsp3) is 0.722. The van der Waals surface area contributed by atoms with Crippen LogP contribution in [0, 0.1) is 5.92 Å². The molecule has 2 rings (SSSR count). The molecule has 8 heteroatoms. The van der Waals surface area contributed by atoms with E-state index >= 15 is 0 Å². The molecule has 2 N–H and O–H groups in total. The van der Waals surface area contributed by atoms with Crippen molar-refractivity contribution >= 4 is 29.5 Å². The summed E-state index contributed by atoms with van der Waals surface area (Å²) in [6.45, 7) is 8.85. The maximum Gasteiger partial charge on any atom is 0.410 e. The molecule has 2 heterocycles. The van der Waals surface area contributed by atoms with Crippen LogP contribution < -0.4 is 5.73 Å². The van der Waals surface area contributed by atoms with E-state index in [-0.39, 0.29) is 24.6 Å². The maximum atomic E-state index is 12.5. The minimum absolute atomic E-state index is 0.0610. The van der Waals surface area contributed by atoms with Gasteiger partial charge < -0.3 is 15.4 Å². The largest absolute Gasteiger partial charge is 0.444 e. The number of rotatable bonds is 4. The molecule has 2 aliphatic rings. The molecule has 1 fully saturated rings. The molecule has 0 saturated carbocycles. The Bertz CT molecular complexity index is 612. The van der Waals surface area contributed by atoms with Gasteiger partial charge in [0.2, 0.25) is 5.91 Å². The van der Waals surface area contributed by atoms with Crippen molar-refractivity contribution in [2.45, 2.75) is 45.8 Å². The summed E-state index contributed by atoms with van der Waals surface area (Å²) in [5, 5.41) is 0. The molecule has 0 aromatic heterocycles. The topological polar surface area (TPSA) is 88.2 Å². The van der Waals surface area contributed by atoms with Crippen LogP contribution in [0.15, 0.2) is 16.9 Å². The lowest BCUT2D eigenvalue weighted by molar-refractivity contribution is -0.125. The molecule has 0 aliphatic carbocycles. The van der Waals surface area contributed by atoms with Crippen molar-refractivity contribution in [1.82, 2.24) is 9.80 Å². The van der Waals surface area contributed by atoms with Gasteiger partial charge in [-0.1, -0.05) is 0 Å². The zero-order chi connectivity index (χ0) is 19.5. The first kappa shape index (κ1) is 20.6. The van der Waals surface area contributed by atoms with Crippen LogP contribution in [-0.4, -0.2) is 70.8 Å². The Balaban J connectivity index is 2.14. The number of hydrogen-bond donors (Lipinski definition) is 1. The van der Waals surface area contributed by atoms with Crippen molar-refractivity contribution in [3.05, 3.63) is 11.9 Å². The van der Waals surface area contributed by atoms with Crippen LogP contribution in [0.25, 0.3) is 0 Å². The Morgan fingerprint density at radius 3 is 2.73 bits per heavy atom. The highest BCUT2D eigenvalue weighted by Crippen LogP contribution is 2.26. The number of aliphatic imine (C=N–C) groups is 1. The normalized spacial score (nSPS) is 24.7. The molecule has 2 amide bonds. The maximum absolute atomic E-state index is 12.5. The van der Waals surface area contributed by atoms with Crippen molar-refractivity contribution in [2.75, 3.05) is 31.6 Å². The van der Waals surface area contributed by atoms with Crippen molar-refractivity contribution in [3.8, 4) is 0 Å². The van der Waals surface area contributed by atoms with E-state index < -0.39 is 5.60 Å². The van der Waals surface area contributed by atoms with Crippen molar-refractivity contribution in [3.63, 3.8) is 0 Å². The molecule has 2 atom stereocenters. The second kappa shape index (κ2) is 8.33. The third-order valence-corrected chi connectivity index (χ3v) is 5.18. The molecular formula is C18H30N4O3S. The highest BCUT2D eigenvalue weighted by atomic mass is 32.2. The summed E-state index contributed by atoms with van der Waals surface area (Å²) in [6.07, 6.45) is 3.62. The highest BCUT2D eigenvalue weighted by Gasteiger charge is 2.36. The van der Waals surface area contributed by atoms with Crippen LogP contribution in [0.2, 0.25) is 0 Å². The molecule has 2 aliphatic heterocycles. The predicted octanol–water partition coefficient (Wildman–Crippen LogP) is 2.08. The van der Waals surface area contributed by atoms with Gasteiger partial charge in [-0.3, -0.25) is 14.7 Å². The number of nitrogens with two attached hydrogens (primary N) is 1. The Morgan fingerprint density at radius 1 is 1.46 bits per heavy atom. The highest BCUT2D eigenvalue weighted by molar-refractivity contribution is 7.98. The van der Waals surface area contributed by atoms with Crippen LogP contribution in [-0.2, 0) is 9.53 Å². The van der Waals surface area contributed by atoms with Crippen LogP contribution in [0.5, 0.6) is 0 Å². The molecule has 1 saturated heterocycles. The van der Waals surface area contributed by atoms with E-state index in [1.165, 1.54) is 6.20 Å². The van der Waals surface area contributed by atoms with Crippen LogP contribution in [0.1, 0.15) is 34.1 Å². The van der Waals surface area contributed by atoms with E-state index in [0.29, 0.717) is 36.8 Å². The minimum Gasteiger partial charge on any atom is -0.444 e. The fourth-order valence-corrected chi connectivity index (χ4v) is 3.83. The summed E-state index contributed by atoms with van der Waals surface area (Å²) < 4.78 is 5.50. The van der Waals surface area contributed by atoms with Gasteiger partial charge in [0.15, 0.2) is 0 Å². The molecular weight excluding hydrogens is 352 g/mol. The Hall–Kier alpha value is -1.70. The van der Waals surface area contributed by atoms with Gasteiger partial charge in [0, 0.05) is 19.2 Å². The second-order valence-corrected chi connectivity index (χ2v) is 8.74. The number of likely N-dealkylation sites (tertiary alicyclic amines) is 1. The lowest BCUT2D eigenvalue weighted by Gasteiger charge is -2.35. The average Bonchev–Trinajstić information content (AvgIpc) is 2.89. The molecule has 1 unspecified atom stereocenters. The number of ether oxygens (including phenoxy) is 1. The van der Waals surface area contributed by atoms with Crippen molar-refractivity contribution in [2.24, 2.45) is 16.6 Å². The summed E-state index contributed by atoms with van der Waals surface area (Å²) in [5.74, 6) is 1.32. The van der Waals surface area contributed by atoms with Crippen molar-refractivity contribution < 1.29 is 14.3 Å². The second-order valence-electron chi connectivity index (χ2n) is 7.83.